The van der Waals surface area contributed by atoms with Crippen molar-refractivity contribution >= 4 is 11.9 Å². The molecule has 2 aliphatic rings. The molecule has 1 amide bonds. The van der Waals surface area contributed by atoms with Crippen LogP contribution in [0.2, 0.25) is 0 Å². The van der Waals surface area contributed by atoms with Crippen molar-refractivity contribution in [3.05, 3.63) is 0 Å². The average Bonchev–Trinajstić information content (AvgIpc) is 2.79. The first-order valence-electron chi connectivity index (χ1n) is 6.32. The lowest BCUT2D eigenvalue weighted by Crippen LogP contribution is -2.51. The standard InChI is InChI=1S/C13H21NO4/c1-12(2)7-14(5-6-18-12)10(15)8-9(11(16)17)13(8,3)4/h8-9H,5-7H2,1-4H3,(H,16,17). The molecule has 1 N–H and O–H groups in total. The molecule has 2 fully saturated rings. The largest absolute Gasteiger partial charge is 0.481 e. The number of ether oxygens (including phenoxy) is 1. The molecule has 1 saturated heterocycles. The number of amides is 1. The first-order chi connectivity index (χ1) is 8.17. The van der Waals surface area contributed by atoms with E-state index in [-0.39, 0.29) is 17.4 Å². The molecule has 2 unspecified atom stereocenters. The van der Waals surface area contributed by atoms with E-state index in [9.17, 15) is 9.59 Å². The van der Waals surface area contributed by atoms with E-state index >= 15 is 0 Å². The predicted octanol–water partition coefficient (Wildman–Crippen LogP) is 0.981. The fourth-order valence-electron chi connectivity index (χ4n) is 2.96. The molecule has 0 spiro atoms. The lowest BCUT2D eigenvalue weighted by Gasteiger charge is -2.38. The van der Waals surface area contributed by atoms with Crippen molar-refractivity contribution in [3.63, 3.8) is 0 Å². The Balaban J connectivity index is 2.07. The molecular formula is C13H21NO4. The van der Waals surface area contributed by atoms with Gasteiger partial charge in [-0.25, -0.2) is 0 Å². The summed E-state index contributed by atoms with van der Waals surface area (Å²) in [7, 11) is 0. The molecule has 5 heteroatoms. The second kappa shape index (κ2) is 3.95. The molecule has 0 aromatic heterocycles. The third kappa shape index (κ3) is 2.11. The predicted molar refractivity (Wildman–Crippen MR) is 65.0 cm³/mol. The van der Waals surface area contributed by atoms with Crippen molar-refractivity contribution < 1.29 is 19.4 Å². The van der Waals surface area contributed by atoms with Crippen molar-refractivity contribution in [2.24, 2.45) is 17.3 Å². The summed E-state index contributed by atoms with van der Waals surface area (Å²) in [5.74, 6) is -1.84. The summed E-state index contributed by atoms with van der Waals surface area (Å²) in [4.78, 5) is 25.2. The maximum Gasteiger partial charge on any atom is 0.307 e. The molecule has 102 valence electrons. The number of carboxylic acid groups (broad SMARTS) is 1. The third-order valence-corrected chi connectivity index (χ3v) is 4.10. The minimum absolute atomic E-state index is 0.0382. The van der Waals surface area contributed by atoms with Crippen molar-refractivity contribution in [3.8, 4) is 0 Å². The fourth-order valence-corrected chi connectivity index (χ4v) is 2.96. The van der Waals surface area contributed by atoms with Gasteiger partial charge in [-0.3, -0.25) is 9.59 Å². The lowest BCUT2D eigenvalue weighted by molar-refractivity contribution is -0.150. The Hall–Kier alpha value is -1.10. The van der Waals surface area contributed by atoms with Gasteiger partial charge in [0.15, 0.2) is 0 Å². The van der Waals surface area contributed by atoms with Crippen LogP contribution in [0.5, 0.6) is 0 Å². The molecule has 1 heterocycles. The van der Waals surface area contributed by atoms with Crippen LogP contribution in [-0.4, -0.2) is 47.2 Å². The molecule has 2 atom stereocenters. The van der Waals surface area contributed by atoms with Gasteiger partial charge in [0.1, 0.15) is 0 Å². The number of carboxylic acids is 1. The second-order valence-electron chi connectivity index (χ2n) is 6.48. The number of carbonyl (C=O) groups is 2. The van der Waals surface area contributed by atoms with E-state index in [0.717, 1.165) is 0 Å². The van der Waals surface area contributed by atoms with Gasteiger partial charge in [-0.1, -0.05) is 13.8 Å². The summed E-state index contributed by atoms with van der Waals surface area (Å²) in [5, 5.41) is 9.11. The van der Waals surface area contributed by atoms with Gasteiger partial charge in [-0.05, 0) is 19.3 Å². The first-order valence-corrected chi connectivity index (χ1v) is 6.32. The zero-order valence-corrected chi connectivity index (χ0v) is 11.4. The fraction of sp³-hybridized carbons (Fsp3) is 0.846. The van der Waals surface area contributed by atoms with Crippen LogP contribution >= 0.6 is 0 Å². The highest BCUT2D eigenvalue weighted by atomic mass is 16.5. The summed E-state index contributed by atoms with van der Waals surface area (Å²) >= 11 is 0. The van der Waals surface area contributed by atoms with Gasteiger partial charge in [-0.2, -0.15) is 0 Å². The van der Waals surface area contributed by atoms with Crippen LogP contribution in [0.1, 0.15) is 27.7 Å². The summed E-state index contributed by atoms with van der Waals surface area (Å²) in [6, 6.07) is 0. The van der Waals surface area contributed by atoms with E-state index in [2.05, 4.69) is 0 Å². The minimum atomic E-state index is -0.870. The normalized spacial score (nSPS) is 33.0. The molecule has 2 rings (SSSR count). The van der Waals surface area contributed by atoms with Gasteiger partial charge in [0, 0.05) is 13.1 Å². The van der Waals surface area contributed by atoms with Gasteiger partial charge in [0.2, 0.25) is 5.91 Å². The maximum atomic E-state index is 12.4. The first kappa shape index (κ1) is 13.3. The van der Waals surface area contributed by atoms with Crippen LogP contribution in [-0.2, 0) is 14.3 Å². The lowest BCUT2D eigenvalue weighted by atomic mass is 10.1. The Morgan fingerprint density at radius 2 is 1.83 bits per heavy atom. The Bertz CT molecular complexity index is 388. The van der Waals surface area contributed by atoms with E-state index in [0.29, 0.717) is 19.7 Å². The molecule has 0 bridgehead atoms. The molecule has 0 radical (unpaired) electrons. The van der Waals surface area contributed by atoms with Gasteiger partial charge >= 0.3 is 5.97 Å². The zero-order valence-electron chi connectivity index (χ0n) is 11.4. The number of nitrogens with zero attached hydrogens (tertiary/aromatic N) is 1. The number of morpholine rings is 1. The molecular weight excluding hydrogens is 234 g/mol. The Morgan fingerprint density at radius 1 is 1.22 bits per heavy atom. The third-order valence-electron chi connectivity index (χ3n) is 4.10. The van der Waals surface area contributed by atoms with E-state index in [1.807, 2.05) is 27.7 Å². The van der Waals surface area contributed by atoms with Gasteiger partial charge in [-0.15, -0.1) is 0 Å². The quantitative estimate of drug-likeness (QED) is 0.798. The monoisotopic (exact) mass is 255 g/mol. The smallest absolute Gasteiger partial charge is 0.307 e. The van der Waals surface area contributed by atoms with Gasteiger partial charge in [0.25, 0.3) is 0 Å². The van der Waals surface area contributed by atoms with Crippen LogP contribution in [0.25, 0.3) is 0 Å². The SMILES string of the molecule is CC1(C)CN(C(=O)C2C(C(=O)O)C2(C)C)CCO1. The van der Waals surface area contributed by atoms with Crippen molar-refractivity contribution in [1.29, 1.82) is 0 Å². The second-order valence-corrected chi connectivity index (χ2v) is 6.48. The Morgan fingerprint density at radius 3 is 2.28 bits per heavy atom. The zero-order chi connectivity index (χ0) is 13.7. The minimum Gasteiger partial charge on any atom is -0.481 e. The average molecular weight is 255 g/mol. The molecule has 5 nitrogen and oxygen atoms in total. The Labute approximate surface area is 107 Å². The van der Waals surface area contributed by atoms with Gasteiger partial charge < -0.3 is 14.7 Å². The van der Waals surface area contributed by atoms with E-state index in [4.69, 9.17) is 9.84 Å². The number of hydrogen-bond donors (Lipinski definition) is 1. The number of carbonyl (C=O) groups excluding carboxylic acids is 1. The summed E-state index contributed by atoms with van der Waals surface area (Å²) < 4.78 is 5.56. The van der Waals surface area contributed by atoms with Crippen LogP contribution < -0.4 is 0 Å². The van der Waals surface area contributed by atoms with Crippen molar-refractivity contribution in [2.75, 3.05) is 19.7 Å². The van der Waals surface area contributed by atoms with Crippen LogP contribution in [0.15, 0.2) is 0 Å². The highest BCUT2D eigenvalue weighted by Crippen LogP contribution is 2.59. The Kier molecular flexibility index (Phi) is 2.93. The number of rotatable bonds is 2. The molecule has 18 heavy (non-hydrogen) atoms. The summed E-state index contributed by atoms with van der Waals surface area (Å²) in [5.41, 5.74) is -0.767. The van der Waals surface area contributed by atoms with Crippen LogP contribution in [0.4, 0.5) is 0 Å². The number of aliphatic carboxylic acids is 1. The number of hydrogen-bond acceptors (Lipinski definition) is 3. The summed E-state index contributed by atoms with van der Waals surface area (Å²) in [6.45, 7) is 9.19. The molecule has 1 aliphatic carbocycles. The van der Waals surface area contributed by atoms with Crippen molar-refractivity contribution in [1.82, 2.24) is 4.90 Å². The highest BCUT2D eigenvalue weighted by Gasteiger charge is 2.66. The van der Waals surface area contributed by atoms with Crippen molar-refractivity contribution in [2.45, 2.75) is 33.3 Å². The van der Waals surface area contributed by atoms with Gasteiger partial charge in [0.05, 0.1) is 24.0 Å². The van der Waals surface area contributed by atoms with Crippen LogP contribution in [0, 0.1) is 17.3 Å². The maximum absolute atomic E-state index is 12.4. The molecule has 1 aliphatic heterocycles. The molecule has 1 saturated carbocycles. The molecule has 0 aromatic carbocycles. The summed E-state index contributed by atoms with van der Waals surface area (Å²) in [6.07, 6.45) is 0. The molecule has 0 aromatic rings. The highest BCUT2D eigenvalue weighted by molar-refractivity contribution is 5.91. The topological polar surface area (TPSA) is 66.8 Å². The van der Waals surface area contributed by atoms with E-state index in [1.54, 1.807) is 4.90 Å². The van der Waals surface area contributed by atoms with E-state index in [1.165, 1.54) is 0 Å². The van der Waals surface area contributed by atoms with Crippen LogP contribution in [0.3, 0.4) is 0 Å². The van der Waals surface area contributed by atoms with E-state index < -0.39 is 17.3 Å².